The van der Waals surface area contributed by atoms with E-state index in [1.807, 2.05) is 54.6 Å². The molecule has 3 heterocycles. The first-order chi connectivity index (χ1) is 28.7. The summed E-state index contributed by atoms with van der Waals surface area (Å²) in [5.41, 5.74) is 7.18. The van der Waals surface area contributed by atoms with Gasteiger partial charge in [0.1, 0.15) is 24.2 Å². The number of aliphatic hydroxyl groups excluding tert-OH is 1. The summed E-state index contributed by atoms with van der Waals surface area (Å²) in [5.74, 6) is -2.93. The van der Waals surface area contributed by atoms with Crippen LogP contribution >= 0.6 is 11.8 Å². The largest absolute Gasteiger partial charge is 0.480 e. The number of aromatic nitrogens is 3. The Labute approximate surface area is 348 Å². The van der Waals surface area contributed by atoms with Crippen LogP contribution in [0.3, 0.4) is 0 Å². The Kier molecular flexibility index (Phi) is 15.7. The molecule has 2 aromatic heterocycles. The summed E-state index contributed by atoms with van der Waals surface area (Å²) in [6.45, 7) is 1.36. The predicted molar refractivity (Wildman–Crippen MR) is 223 cm³/mol. The van der Waals surface area contributed by atoms with Crippen LogP contribution in [0, 0.1) is 0 Å². The van der Waals surface area contributed by atoms with Crippen LogP contribution in [0.15, 0.2) is 82.6 Å². The van der Waals surface area contributed by atoms with Gasteiger partial charge in [0.25, 0.3) is 5.56 Å². The lowest BCUT2D eigenvalue weighted by molar-refractivity contribution is -0.139. The van der Waals surface area contributed by atoms with Gasteiger partial charge in [0.15, 0.2) is 6.23 Å². The van der Waals surface area contributed by atoms with E-state index in [9.17, 15) is 43.8 Å². The molecule has 1 saturated heterocycles. The van der Waals surface area contributed by atoms with Crippen molar-refractivity contribution in [2.45, 2.75) is 81.3 Å². The highest BCUT2D eigenvalue weighted by atomic mass is 32.2. The van der Waals surface area contributed by atoms with Gasteiger partial charge in [0, 0.05) is 55.8 Å². The number of hydrogen-bond acceptors (Lipinski definition) is 11. The zero-order chi connectivity index (χ0) is 43.5. The number of aliphatic hydroxyl groups is 1. The maximum atomic E-state index is 14.0. The molecule has 0 aliphatic carbocycles. The van der Waals surface area contributed by atoms with Gasteiger partial charge in [-0.25, -0.2) is 14.4 Å². The number of likely N-dealkylation sites (N-methyl/N-ethyl adjacent to an activating group) is 1. The topological polar surface area (TPSA) is 283 Å². The SMILES string of the molecule is CSCC[C@H](NC(=O)N[C@@H](Cc1c[nH]c2ccccc12)C(=O)O)C(=O)NC(C(=O)NC[C@H]1C[C@@H](O)[C@H](n2ccc(=O)[nH]c2=O)O1)[C@H](C)N(C)C(=O)[C@@H](N)Cc1ccccc1. The maximum Gasteiger partial charge on any atom is 0.330 e. The molecule has 5 rings (SSSR count). The molecular weight excluding hydrogens is 799 g/mol. The fourth-order valence-corrected chi connectivity index (χ4v) is 7.42. The van der Waals surface area contributed by atoms with E-state index < -0.39 is 89.6 Å². The summed E-state index contributed by atoms with van der Waals surface area (Å²) >= 11 is 1.40. The average Bonchev–Trinajstić information content (AvgIpc) is 3.81. The molecule has 19 nitrogen and oxygen atoms in total. The molecule has 20 heteroatoms. The second-order valence-electron chi connectivity index (χ2n) is 14.6. The normalized spacial score (nSPS) is 18.7. The number of fused-ring (bicyclic) bond motifs is 1. The molecule has 0 saturated carbocycles. The highest BCUT2D eigenvalue weighted by molar-refractivity contribution is 7.98. The first kappa shape index (κ1) is 45.1. The highest BCUT2D eigenvalue weighted by Gasteiger charge is 2.39. The smallest absolute Gasteiger partial charge is 0.330 e. The molecule has 4 aromatic rings. The number of benzene rings is 2. The quantitative estimate of drug-likeness (QED) is 0.0594. The zero-order valence-electron chi connectivity index (χ0n) is 33.3. The van der Waals surface area contributed by atoms with Gasteiger partial charge in [-0.3, -0.25) is 28.7 Å². The van der Waals surface area contributed by atoms with Gasteiger partial charge in [-0.1, -0.05) is 48.5 Å². The van der Waals surface area contributed by atoms with Crippen LogP contribution in [0.1, 0.15) is 37.1 Å². The fourth-order valence-electron chi connectivity index (χ4n) is 6.95. The van der Waals surface area contributed by atoms with Crippen LogP contribution in [0.4, 0.5) is 4.79 Å². The molecule has 2 aromatic carbocycles. The summed E-state index contributed by atoms with van der Waals surface area (Å²) in [6.07, 6.45) is 1.78. The van der Waals surface area contributed by atoms with Crippen molar-refractivity contribution in [2.75, 3.05) is 25.6 Å². The molecule has 10 N–H and O–H groups in total. The Morgan fingerprint density at radius 2 is 1.68 bits per heavy atom. The lowest BCUT2D eigenvalue weighted by Gasteiger charge is -2.34. The Morgan fingerprint density at radius 3 is 2.38 bits per heavy atom. The van der Waals surface area contributed by atoms with Gasteiger partial charge in [0.2, 0.25) is 17.7 Å². The van der Waals surface area contributed by atoms with E-state index >= 15 is 0 Å². The maximum absolute atomic E-state index is 14.0. The molecule has 5 amide bonds. The van der Waals surface area contributed by atoms with E-state index in [0.717, 1.165) is 27.1 Å². The number of carboxylic acid groups (broad SMARTS) is 1. The van der Waals surface area contributed by atoms with Crippen LogP contribution in [0.25, 0.3) is 10.9 Å². The van der Waals surface area contributed by atoms with Gasteiger partial charge >= 0.3 is 17.7 Å². The minimum absolute atomic E-state index is 0.00323. The lowest BCUT2D eigenvalue weighted by Crippen LogP contribution is -2.63. The number of carboxylic acids is 1. The van der Waals surface area contributed by atoms with Crippen molar-refractivity contribution in [3.05, 3.63) is 105 Å². The minimum Gasteiger partial charge on any atom is -0.480 e. The molecule has 0 radical (unpaired) electrons. The van der Waals surface area contributed by atoms with E-state index in [0.29, 0.717) is 11.3 Å². The van der Waals surface area contributed by atoms with E-state index in [1.165, 1.54) is 29.9 Å². The number of ether oxygens (including phenoxy) is 1. The van der Waals surface area contributed by atoms with Crippen molar-refractivity contribution >= 4 is 52.4 Å². The van der Waals surface area contributed by atoms with Gasteiger partial charge in [-0.05, 0) is 49.0 Å². The molecule has 322 valence electrons. The number of nitrogens with two attached hydrogens (primary N) is 1. The molecule has 0 bridgehead atoms. The van der Waals surface area contributed by atoms with E-state index in [2.05, 4.69) is 31.2 Å². The predicted octanol–water partition coefficient (Wildman–Crippen LogP) is -0.199. The number of nitrogens with one attached hydrogen (secondary N) is 6. The second-order valence-corrected chi connectivity index (χ2v) is 15.6. The lowest BCUT2D eigenvalue weighted by atomic mass is 10.0. The number of carbonyl (C=O) groups excluding carboxylic acids is 4. The second kappa shape index (κ2) is 20.8. The van der Waals surface area contributed by atoms with Crippen LogP contribution in [0.5, 0.6) is 0 Å². The van der Waals surface area contributed by atoms with E-state index in [4.69, 9.17) is 10.5 Å². The Morgan fingerprint density at radius 1 is 0.983 bits per heavy atom. The third kappa shape index (κ3) is 11.6. The van der Waals surface area contributed by atoms with Crippen molar-refractivity contribution < 1.29 is 38.9 Å². The number of hydrogen-bond donors (Lipinski definition) is 9. The number of amides is 5. The number of carbonyl (C=O) groups is 5. The van der Waals surface area contributed by atoms with Gasteiger partial charge in [-0.15, -0.1) is 0 Å². The van der Waals surface area contributed by atoms with Gasteiger partial charge in [-0.2, -0.15) is 11.8 Å². The van der Waals surface area contributed by atoms with Crippen molar-refractivity contribution in [3.8, 4) is 0 Å². The first-order valence-electron chi connectivity index (χ1n) is 19.3. The number of rotatable bonds is 19. The van der Waals surface area contributed by atoms with Gasteiger partial charge in [0.05, 0.1) is 18.2 Å². The summed E-state index contributed by atoms with van der Waals surface area (Å²) in [5, 5.41) is 31.9. The molecule has 8 atom stereocenters. The molecule has 1 unspecified atom stereocenters. The van der Waals surface area contributed by atoms with Crippen LogP contribution < -0.4 is 38.2 Å². The number of aromatic amines is 2. The Hall–Kier alpha value is -5.96. The number of thioether (sulfide) groups is 1. The standard InChI is InChI=1S/C40H51N9O10S/c1-22(48(2)36(54)27(41)17-23-9-5-4-6-10-23)33(35(53)43-21-25-19-31(50)37(59-25)49-15-13-32(51)46-40(49)58)47-34(52)29(14-16-60-3)44-39(57)45-30(38(55)56)18-24-20-42-28-12-8-7-11-26(24)28/h4-13,15,20,22,25,27,29-31,33,37,42,50H,14,16-19,21,41H2,1-3H3,(H,43,53)(H,47,52)(H,55,56)(H2,44,45,57)(H,46,51,58)/t22-,25+,27-,29-,30-,31+,33?,37+/m0/s1. The fraction of sp³-hybridized carbons (Fsp3) is 0.425. The number of nitrogens with zero attached hydrogens (tertiary/aromatic N) is 2. The summed E-state index contributed by atoms with van der Waals surface area (Å²) in [4.78, 5) is 97.7. The molecule has 1 aliphatic rings. The third-order valence-corrected chi connectivity index (χ3v) is 11.0. The summed E-state index contributed by atoms with van der Waals surface area (Å²) < 4.78 is 6.89. The van der Waals surface area contributed by atoms with Crippen molar-refractivity contribution in [1.82, 2.24) is 40.7 Å². The number of urea groups is 1. The highest BCUT2D eigenvalue weighted by Crippen LogP contribution is 2.27. The molecule has 60 heavy (non-hydrogen) atoms. The van der Waals surface area contributed by atoms with Crippen LogP contribution in [-0.2, 0) is 36.8 Å². The summed E-state index contributed by atoms with van der Waals surface area (Å²) in [7, 11) is 1.45. The molecule has 1 aliphatic heterocycles. The number of para-hydroxylation sites is 1. The minimum atomic E-state index is -1.42. The van der Waals surface area contributed by atoms with E-state index in [1.54, 1.807) is 19.4 Å². The Bertz CT molecular complexity index is 2250. The molecular formula is C40H51N9O10S. The monoisotopic (exact) mass is 849 g/mol. The van der Waals surface area contributed by atoms with Crippen molar-refractivity contribution in [3.63, 3.8) is 0 Å². The van der Waals surface area contributed by atoms with E-state index in [-0.39, 0.29) is 32.2 Å². The van der Waals surface area contributed by atoms with Crippen molar-refractivity contribution in [1.29, 1.82) is 0 Å². The van der Waals surface area contributed by atoms with Crippen molar-refractivity contribution in [2.24, 2.45) is 5.73 Å². The molecule has 1 fully saturated rings. The average molecular weight is 850 g/mol. The number of aliphatic carboxylic acids is 1. The Balaban J connectivity index is 1.31. The van der Waals surface area contributed by atoms with Crippen LogP contribution in [-0.4, -0.2) is 127 Å². The summed E-state index contributed by atoms with van der Waals surface area (Å²) in [6, 6.07) is 10.6. The number of H-pyrrole nitrogens is 2. The third-order valence-electron chi connectivity index (χ3n) is 10.4. The van der Waals surface area contributed by atoms with Gasteiger partial charge < -0.3 is 51.8 Å². The zero-order valence-corrected chi connectivity index (χ0v) is 34.1. The molecule has 0 spiro atoms. The first-order valence-corrected chi connectivity index (χ1v) is 20.7. The van der Waals surface area contributed by atoms with Crippen LogP contribution in [0.2, 0.25) is 0 Å².